The predicted octanol–water partition coefficient (Wildman–Crippen LogP) is 2.56. The molecule has 0 aliphatic carbocycles. The van der Waals surface area contributed by atoms with E-state index in [0.29, 0.717) is 0 Å². The Morgan fingerprint density at radius 2 is 1.95 bits per heavy atom. The molecule has 0 aliphatic heterocycles. The highest BCUT2D eigenvalue weighted by Gasteiger charge is 2.19. The monoisotopic (exact) mass is 265 g/mol. The van der Waals surface area contributed by atoms with Gasteiger partial charge in [0.05, 0.1) is 0 Å². The van der Waals surface area contributed by atoms with Gasteiger partial charge < -0.3 is 0 Å². The zero-order valence-electron chi connectivity index (χ0n) is 10.6. The second-order valence-corrected chi connectivity index (χ2v) is 4.42. The molecule has 2 aromatic rings. The van der Waals surface area contributed by atoms with Crippen LogP contribution in [0.25, 0.3) is 0 Å². The van der Waals surface area contributed by atoms with E-state index in [1.807, 2.05) is 13.8 Å². The van der Waals surface area contributed by atoms with E-state index >= 15 is 0 Å². The highest BCUT2D eigenvalue weighted by atomic mass is 19.1. The van der Waals surface area contributed by atoms with Crippen molar-refractivity contribution in [2.24, 2.45) is 0 Å². The third-order valence-electron chi connectivity index (χ3n) is 2.71. The molecule has 0 aliphatic rings. The van der Waals surface area contributed by atoms with Crippen LogP contribution in [0.4, 0.5) is 8.78 Å². The summed E-state index contributed by atoms with van der Waals surface area (Å²) in [5.41, 5.74) is -0.245. The Bertz CT molecular complexity index is 587. The van der Waals surface area contributed by atoms with Crippen molar-refractivity contribution in [2.75, 3.05) is 0 Å². The van der Waals surface area contributed by atoms with E-state index in [1.165, 1.54) is 17.1 Å². The third-order valence-corrected chi connectivity index (χ3v) is 2.71. The number of aromatic nitrogens is 3. The predicted molar refractivity (Wildman–Crippen MR) is 64.8 cm³/mol. The van der Waals surface area contributed by atoms with Crippen molar-refractivity contribution in [1.29, 1.82) is 0 Å². The molecule has 0 N–H and O–H groups in total. The van der Waals surface area contributed by atoms with Crippen molar-refractivity contribution in [1.82, 2.24) is 14.8 Å². The van der Waals surface area contributed by atoms with E-state index in [1.54, 1.807) is 0 Å². The average Bonchev–Trinajstić information content (AvgIpc) is 2.83. The summed E-state index contributed by atoms with van der Waals surface area (Å²) < 4.78 is 28.4. The molecule has 0 spiro atoms. The summed E-state index contributed by atoms with van der Waals surface area (Å²) >= 11 is 0. The Hall–Kier alpha value is -2.11. The number of rotatable bonds is 4. The number of hydrogen-bond acceptors (Lipinski definition) is 3. The number of benzene rings is 1. The summed E-state index contributed by atoms with van der Waals surface area (Å²) in [5, 5.41) is 3.92. The molecular formula is C13H13F2N3O. The lowest BCUT2D eigenvalue weighted by molar-refractivity contribution is 0.0973. The van der Waals surface area contributed by atoms with E-state index in [4.69, 9.17) is 0 Å². The number of ketones is 1. The van der Waals surface area contributed by atoms with Crippen LogP contribution in [0.15, 0.2) is 24.5 Å². The minimum Gasteiger partial charge on any atom is -0.290 e. The van der Waals surface area contributed by atoms with Crippen molar-refractivity contribution in [3.05, 3.63) is 47.5 Å². The molecule has 0 atom stereocenters. The maximum atomic E-state index is 13.5. The van der Waals surface area contributed by atoms with Crippen LogP contribution in [-0.2, 0) is 6.42 Å². The summed E-state index contributed by atoms with van der Waals surface area (Å²) in [6.07, 6.45) is 0.884. The van der Waals surface area contributed by atoms with Gasteiger partial charge in [-0.25, -0.2) is 18.4 Å². The fourth-order valence-electron chi connectivity index (χ4n) is 1.77. The fourth-order valence-corrected chi connectivity index (χ4v) is 1.77. The van der Waals surface area contributed by atoms with Gasteiger partial charge in [-0.2, -0.15) is 5.10 Å². The van der Waals surface area contributed by atoms with Gasteiger partial charge in [0.15, 0.2) is 5.82 Å². The van der Waals surface area contributed by atoms with Crippen LogP contribution in [0.5, 0.6) is 0 Å². The van der Waals surface area contributed by atoms with E-state index in [2.05, 4.69) is 10.1 Å². The van der Waals surface area contributed by atoms with Crippen molar-refractivity contribution >= 4 is 5.78 Å². The molecule has 4 nitrogen and oxygen atoms in total. The normalized spacial score (nSPS) is 11.0. The number of nitrogens with zero attached hydrogens (tertiary/aromatic N) is 3. The molecule has 1 aromatic carbocycles. The summed E-state index contributed by atoms with van der Waals surface area (Å²) in [6.45, 7) is 3.68. The summed E-state index contributed by atoms with van der Waals surface area (Å²) in [7, 11) is 0. The number of hydrogen-bond donors (Lipinski definition) is 0. The van der Waals surface area contributed by atoms with Crippen LogP contribution in [0, 0.1) is 11.6 Å². The van der Waals surface area contributed by atoms with Crippen molar-refractivity contribution in [2.45, 2.75) is 26.3 Å². The van der Waals surface area contributed by atoms with Gasteiger partial charge >= 0.3 is 0 Å². The van der Waals surface area contributed by atoms with Crippen LogP contribution in [0.2, 0.25) is 0 Å². The molecule has 0 fully saturated rings. The van der Waals surface area contributed by atoms with Gasteiger partial charge in [0, 0.05) is 18.0 Å². The molecule has 1 heterocycles. The van der Waals surface area contributed by atoms with E-state index in [-0.39, 0.29) is 23.9 Å². The van der Waals surface area contributed by atoms with Gasteiger partial charge in [-0.1, -0.05) is 6.07 Å². The number of halogens is 2. The van der Waals surface area contributed by atoms with Crippen LogP contribution in [-0.4, -0.2) is 20.5 Å². The Balaban J connectivity index is 2.29. The van der Waals surface area contributed by atoms with E-state index in [9.17, 15) is 13.6 Å². The largest absolute Gasteiger partial charge is 0.290 e. The number of Topliss-reactive ketones (excluding diaryl/α,β-unsaturated/α-hetero) is 1. The standard InChI is InChI=1S/C13H13F2N3O/c1-8(2)18-13(16-7-17-18)12(19)6-9-10(14)4-3-5-11(9)15/h3-5,7-8H,6H2,1-2H3. The van der Waals surface area contributed by atoms with Crippen molar-refractivity contribution < 1.29 is 13.6 Å². The number of carbonyl (C=O) groups excluding carboxylic acids is 1. The van der Waals surface area contributed by atoms with Gasteiger partial charge in [-0.15, -0.1) is 0 Å². The van der Waals surface area contributed by atoms with E-state index in [0.717, 1.165) is 12.1 Å². The Kier molecular flexibility index (Phi) is 3.69. The van der Waals surface area contributed by atoms with Crippen LogP contribution in [0.3, 0.4) is 0 Å². The molecule has 100 valence electrons. The minimum atomic E-state index is -0.732. The highest BCUT2D eigenvalue weighted by Crippen LogP contribution is 2.15. The van der Waals surface area contributed by atoms with Crippen molar-refractivity contribution in [3.63, 3.8) is 0 Å². The molecule has 0 radical (unpaired) electrons. The maximum Gasteiger partial charge on any atom is 0.204 e. The molecule has 0 bridgehead atoms. The lowest BCUT2D eigenvalue weighted by atomic mass is 10.1. The topological polar surface area (TPSA) is 47.8 Å². The number of carbonyl (C=O) groups is 1. The van der Waals surface area contributed by atoms with Crippen LogP contribution in [0.1, 0.15) is 36.1 Å². The molecule has 6 heteroatoms. The second-order valence-electron chi connectivity index (χ2n) is 4.42. The molecule has 0 saturated carbocycles. The highest BCUT2D eigenvalue weighted by molar-refractivity contribution is 5.94. The quantitative estimate of drug-likeness (QED) is 0.798. The Labute approximate surface area is 109 Å². The SMILES string of the molecule is CC(C)n1ncnc1C(=O)Cc1c(F)cccc1F. The van der Waals surface area contributed by atoms with Gasteiger partial charge in [0.25, 0.3) is 0 Å². The molecule has 0 saturated heterocycles. The lowest BCUT2D eigenvalue weighted by Gasteiger charge is -2.09. The van der Waals surface area contributed by atoms with E-state index < -0.39 is 17.4 Å². The molecule has 1 aromatic heterocycles. The smallest absolute Gasteiger partial charge is 0.204 e. The maximum absolute atomic E-state index is 13.5. The summed E-state index contributed by atoms with van der Waals surface area (Å²) in [6, 6.07) is 3.46. The van der Waals surface area contributed by atoms with Crippen LogP contribution < -0.4 is 0 Å². The third kappa shape index (κ3) is 2.67. The second kappa shape index (κ2) is 5.26. The Morgan fingerprint density at radius 1 is 1.32 bits per heavy atom. The first kappa shape index (κ1) is 13.3. The molecule has 0 unspecified atom stereocenters. The first-order valence-electron chi connectivity index (χ1n) is 5.86. The zero-order chi connectivity index (χ0) is 14.0. The average molecular weight is 265 g/mol. The Morgan fingerprint density at radius 3 is 2.53 bits per heavy atom. The van der Waals surface area contributed by atoms with Gasteiger partial charge in [-0.3, -0.25) is 4.79 Å². The van der Waals surface area contributed by atoms with Crippen molar-refractivity contribution in [3.8, 4) is 0 Å². The zero-order valence-corrected chi connectivity index (χ0v) is 10.6. The first-order chi connectivity index (χ1) is 9.00. The molecular weight excluding hydrogens is 252 g/mol. The van der Waals surface area contributed by atoms with Gasteiger partial charge in [0.1, 0.15) is 18.0 Å². The molecule has 0 amide bonds. The van der Waals surface area contributed by atoms with Crippen LogP contribution >= 0.6 is 0 Å². The first-order valence-corrected chi connectivity index (χ1v) is 5.86. The summed E-state index contributed by atoms with van der Waals surface area (Å²) in [4.78, 5) is 15.9. The summed E-state index contributed by atoms with van der Waals surface area (Å²) in [5.74, 6) is -1.82. The molecule has 19 heavy (non-hydrogen) atoms. The minimum absolute atomic E-state index is 0.0492. The lowest BCUT2D eigenvalue weighted by Crippen LogP contribution is -2.16. The molecule has 2 rings (SSSR count). The fraction of sp³-hybridized carbons (Fsp3) is 0.308. The van der Waals surface area contributed by atoms with Gasteiger partial charge in [-0.05, 0) is 26.0 Å². The van der Waals surface area contributed by atoms with Gasteiger partial charge in [0.2, 0.25) is 5.78 Å².